The standard InChI is InChI=1S/C15H14N4O2/c1-17-15-18-8-7-12(19-15)5-3-10-9-11(14(20)21-2)4-6-13(10)16/h4,6-9H,16H2,1-2H3,(H,17,18,19). The van der Waals surface area contributed by atoms with Crippen LogP contribution in [-0.4, -0.2) is 30.1 Å². The van der Waals surface area contributed by atoms with Gasteiger partial charge in [-0.25, -0.2) is 14.8 Å². The van der Waals surface area contributed by atoms with E-state index in [1.54, 1.807) is 37.5 Å². The predicted molar refractivity (Wildman–Crippen MR) is 79.8 cm³/mol. The zero-order valence-corrected chi connectivity index (χ0v) is 11.7. The molecule has 0 radical (unpaired) electrons. The first-order valence-corrected chi connectivity index (χ1v) is 6.14. The van der Waals surface area contributed by atoms with Gasteiger partial charge < -0.3 is 15.8 Å². The van der Waals surface area contributed by atoms with Crippen LogP contribution in [0.25, 0.3) is 0 Å². The molecule has 3 N–H and O–H groups in total. The maximum atomic E-state index is 11.5. The summed E-state index contributed by atoms with van der Waals surface area (Å²) in [5.41, 5.74) is 7.83. The molecule has 0 atom stereocenters. The molecular formula is C15H14N4O2. The van der Waals surface area contributed by atoms with E-state index in [0.717, 1.165) is 0 Å². The van der Waals surface area contributed by atoms with E-state index in [1.807, 2.05) is 0 Å². The zero-order chi connectivity index (χ0) is 15.2. The first-order chi connectivity index (χ1) is 10.1. The Kier molecular flexibility index (Phi) is 4.36. The molecule has 106 valence electrons. The minimum atomic E-state index is -0.433. The van der Waals surface area contributed by atoms with Crippen molar-refractivity contribution in [3.63, 3.8) is 0 Å². The number of hydrogen-bond donors (Lipinski definition) is 2. The molecule has 0 bridgehead atoms. The number of nitrogens with zero attached hydrogens (tertiary/aromatic N) is 2. The fraction of sp³-hybridized carbons (Fsp3) is 0.133. The van der Waals surface area contributed by atoms with Crippen molar-refractivity contribution in [2.45, 2.75) is 0 Å². The van der Waals surface area contributed by atoms with Gasteiger partial charge >= 0.3 is 5.97 Å². The molecule has 0 aliphatic heterocycles. The van der Waals surface area contributed by atoms with E-state index in [9.17, 15) is 4.79 Å². The second-order valence-corrected chi connectivity index (χ2v) is 4.06. The van der Waals surface area contributed by atoms with Crippen molar-refractivity contribution in [3.05, 3.63) is 47.3 Å². The van der Waals surface area contributed by atoms with Crippen molar-refractivity contribution >= 4 is 17.6 Å². The van der Waals surface area contributed by atoms with Crippen LogP contribution in [0, 0.1) is 11.8 Å². The van der Waals surface area contributed by atoms with E-state index in [4.69, 9.17) is 5.73 Å². The Morgan fingerprint density at radius 2 is 2.14 bits per heavy atom. The first-order valence-electron chi connectivity index (χ1n) is 6.14. The van der Waals surface area contributed by atoms with Crippen LogP contribution in [0.2, 0.25) is 0 Å². The molecule has 6 heteroatoms. The molecule has 0 fully saturated rings. The van der Waals surface area contributed by atoms with Crippen molar-refractivity contribution in [1.82, 2.24) is 9.97 Å². The van der Waals surface area contributed by atoms with Gasteiger partial charge in [0.2, 0.25) is 5.95 Å². The number of benzene rings is 1. The van der Waals surface area contributed by atoms with Crippen molar-refractivity contribution in [2.75, 3.05) is 25.2 Å². The molecule has 1 heterocycles. The third-order valence-electron chi connectivity index (χ3n) is 2.68. The summed E-state index contributed by atoms with van der Waals surface area (Å²) < 4.78 is 4.67. The number of rotatable bonds is 2. The first kappa shape index (κ1) is 14.3. The predicted octanol–water partition coefficient (Wildman–Crippen LogP) is 1.29. The topological polar surface area (TPSA) is 90.1 Å². The average Bonchev–Trinajstić information content (AvgIpc) is 2.53. The Morgan fingerprint density at radius 3 is 2.86 bits per heavy atom. The van der Waals surface area contributed by atoms with Crippen LogP contribution in [0.3, 0.4) is 0 Å². The second-order valence-electron chi connectivity index (χ2n) is 4.06. The Morgan fingerprint density at radius 1 is 1.33 bits per heavy atom. The number of nitrogens with two attached hydrogens (primary N) is 1. The number of nitrogens with one attached hydrogen (secondary N) is 1. The third-order valence-corrected chi connectivity index (χ3v) is 2.68. The highest BCUT2D eigenvalue weighted by molar-refractivity contribution is 5.90. The smallest absolute Gasteiger partial charge is 0.337 e. The number of carbonyl (C=O) groups is 1. The van der Waals surface area contributed by atoms with Gasteiger partial charge in [0.25, 0.3) is 0 Å². The van der Waals surface area contributed by atoms with E-state index in [2.05, 4.69) is 31.9 Å². The minimum absolute atomic E-state index is 0.398. The summed E-state index contributed by atoms with van der Waals surface area (Å²) in [7, 11) is 3.05. The van der Waals surface area contributed by atoms with E-state index < -0.39 is 5.97 Å². The molecule has 0 unspecified atom stereocenters. The number of ether oxygens (including phenoxy) is 1. The third kappa shape index (κ3) is 3.48. The summed E-state index contributed by atoms with van der Waals surface area (Å²) in [5, 5.41) is 2.83. The maximum Gasteiger partial charge on any atom is 0.337 e. The highest BCUT2D eigenvalue weighted by Crippen LogP contribution is 2.14. The van der Waals surface area contributed by atoms with Gasteiger partial charge in [-0.3, -0.25) is 0 Å². The van der Waals surface area contributed by atoms with E-state index in [-0.39, 0.29) is 0 Å². The molecule has 0 amide bonds. The molecule has 0 spiro atoms. The van der Waals surface area contributed by atoms with Gasteiger partial charge in [-0.05, 0) is 30.2 Å². The lowest BCUT2D eigenvalue weighted by Crippen LogP contribution is -2.02. The lowest BCUT2D eigenvalue weighted by atomic mass is 10.1. The van der Waals surface area contributed by atoms with Crippen LogP contribution < -0.4 is 11.1 Å². The summed E-state index contributed by atoms with van der Waals surface area (Å²) in [4.78, 5) is 19.7. The molecule has 0 saturated carbocycles. The van der Waals surface area contributed by atoms with Gasteiger partial charge in [-0.15, -0.1) is 0 Å². The molecule has 0 aliphatic carbocycles. The van der Waals surface area contributed by atoms with Gasteiger partial charge in [0.1, 0.15) is 5.69 Å². The Balaban J connectivity index is 2.35. The van der Waals surface area contributed by atoms with Gasteiger partial charge in [-0.2, -0.15) is 0 Å². The molecule has 0 aliphatic rings. The quantitative estimate of drug-likeness (QED) is 0.490. The van der Waals surface area contributed by atoms with E-state index >= 15 is 0 Å². The number of anilines is 2. The van der Waals surface area contributed by atoms with Crippen LogP contribution in [-0.2, 0) is 4.74 Å². The van der Waals surface area contributed by atoms with Crippen LogP contribution in [0.15, 0.2) is 30.5 Å². The summed E-state index contributed by atoms with van der Waals surface area (Å²) in [6, 6.07) is 6.49. The second kappa shape index (κ2) is 6.39. The van der Waals surface area contributed by atoms with Crippen molar-refractivity contribution in [3.8, 4) is 11.8 Å². The lowest BCUT2D eigenvalue weighted by Gasteiger charge is -2.02. The van der Waals surface area contributed by atoms with Crippen LogP contribution >= 0.6 is 0 Å². The summed E-state index contributed by atoms with van der Waals surface area (Å²) in [5.74, 6) is 5.84. The van der Waals surface area contributed by atoms with Gasteiger partial charge in [-0.1, -0.05) is 5.92 Å². The summed E-state index contributed by atoms with van der Waals surface area (Å²) in [6.45, 7) is 0. The van der Waals surface area contributed by atoms with Crippen LogP contribution in [0.1, 0.15) is 21.6 Å². The monoisotopic (exact) mass is 282 g/mol. The average molecular weight is 282 g/mol. The molecule has 1 aromatic heterocycles. The molecule has 2 rings (SSSR count). The van der Waals surface area contributed by atoms with Crippen molar-refractivity contribution < 1.29 is 9.53 Å². The van der Waals surface area contributed by atoms with Gasteiger partial charge in [0.15, 0.2) is 0 Å². The highest BCUT2D eigenvalue weighted by atomic mass is 16.5. The van der Waals surface area contributed by atoms with Gasteiger partial charge in [0.05, 0.1) is 12.7 Å². The highest BCUT2D eigenvalue weighted by Gasteiger charge is 2.07. The number of aromatic nitrogens is 2. The Bertz CT molecular complexity index is 732. The number of carbonyl (C=O) groups excluding carboxylic acids is 1. The van der Waals surface area contributed by atoms with E-state index in [0.29, 0.717) is 28.5 Å². The normalized spacial score (nSPS) is 9.43. The molecular weight excluding hydrogens is 268 g/mol. The molecule has 6 nitrogen and oxygen atoms in total. The SMILES string of the molecule is CNc1nccc(C#Cc2cc(C(=O)OC)ccc2N)n1. The number of methoxy groups -OCH3 is 1. The fourth-order valence-electron chi connectivity index (χ4n) is 1.59. The number of esters is 1. The Hall–Kier alpha value is -3.07. The lowest BCUT2D eigenvalue weighted by molar-refractivity contribution is 0.0600. The van der Waals surface area contributed by atoms with Crippen molar-refractivity contribution in [2.24, 2.45) is 0 Å². The van der Waals surface area contributed by atoms with E-state index in [1.165, 1.54) is 7.11 Å². The Labute approximate surface area is 122 Å². The summed E-state index contributed by atoms with van der Waals surface area (Å²) >= 11 is 0. The number of hydrogen-bond acceptors (Lipinski definition) is 6. The maximum absolute atomic E-state index is 11.5. The van der Waals surface area contributed by atoms with Crippen molar-refractivity contribution in [1.29, 1.82) is 0 Å². The minimum Gasteiger partial charge on any atom is -0.465 e. The molecule has 2 aromatic rings. The molecule has 1 aromatic carbocycles. The molecule has 21 heavy (non-hydrogen) atoms. The van der Waals surface area contributed by atoms with Crippen LogP contribution in [0.4, 0.5) is 11.6 Å². The summed E-state index contributed by atoms with van der Waals surface area (Å²) in [6.07, 6.45) is 1.61. The van der Waals surface area contributed by atoms with Crippen LogP contribution in [0.5, 0.6) is 0 Å². The van der Waals surface area contributed by atoms with Gasteiger partial charge in [0, 0.05) is 24.5 Å². The molecule has 0 saturated heterocycles. The fourth-order valence-corrected chi connectivity index (χ4v) is 1.59. The largest absolute Gasteiger partial charge is 0.465 e. The zero-order valence-electron chi connectivity index (χ0n) is 11.7. The number of nitrogen functional groups attached to an aromatic ring is 1.